The number of methoxy groups -OCH3 is 2. The lowest BCUT2D eigenvalue weighted by Crippen LogP contribution is -2.24. The minimum Gasteiger partial charge on any atom is -0.497 e. The highest BCUT2D eigenvalue weighted by molar-refractivity contribution is 6.30. The molecular formula is C18H17ClO5. The molecule has 0 heterocycles. The topological polar surface area (TPSA) is 61.8 Å². The molecule has 1 atom stereocenters. The van der Waals surface area contributed by atoms with Gasteiger partial charge in [0.2, 0.25) is 5.78 Å². The summed E-state index contributed by atoms with van der Waals surface area (Å²) in [5.41, 5.74) is 0.635. The third-order valence-electron chi connectivity index (χ3n) is 3.41. The SMILES string of the molecule is COc1ccc(C(=O)OC(C)C(=O)c2ccc(Cl)cc2)c(OC)c1. The van der Waals surface area contributed by atoms with E-state index < -0.39 is 12.1 Å². The van der Waals surface area contributed by atoms with Crippen LogP contribution < -0.4 is 9.47 Å². The number of hydrogen-bond donors (Lipinski definition) is 0. The Kier molecular flexibility index (Phi) is 5.82. The third kappa shape index (κ3) is 4.06. The molecule has 0 aliphatic carbocycles. The Bertz CT molecular complexity index is 740. The zero-order valence-corrected chi connectivity index (χ0v) is 14.3. The average Bonchev–Trinajstić information content (AvgIpc) is 2.60. The van der Waals surface area contributed by atoms with Crippen molar-refractivity contribution in [1.82, 2.24) is 0 Å². The summed E-state index contributed by atoms with van der Waals surface area (Å²) in [6, 6.07) is 11.1. The maximum absolute atomic E-state index is 12.3. The number of carbonyl (C=O) groups is 2. The molecule has 0 saturated heterocycles. The lowest BCUT2D eigenvalue weighted by molar-refractivity contribution is 0.0316. The van der Waals surface area contributed by atoms with Crippen LogP contribution in [-0.2, 0) is 4.74 Å². The Balaban J connectivity index is 2.14. The molecule has 0 aliphatic heterocycles. The van der Waals surface area contributed by atoms with Crippen molar-refractivity contribution in [3.8, 4) is 11.5 Å². The van der Waals surface area contributed by atoms with E-state index in [9.17, 15) is 9.59 Å². The van der Waals surface area contributed by atoms with Crippen LogP contribution in [0, 0.1) is 0 Å². The van der Waals surface area contributed by atoms with Gasteiger partial charge in [0, 0.05) is 16.7 Å². The first-order valence-electron chi connectivity index (χ1n) is 7.19. The number of ketones is 1. The molecule has 6 heteroatoms. The molecule has 0 spiro atoms. The number of hydrogen-bond acceptors (Lipinski definition) is 5. The Morgan fingerprint density at radius 3 is 2.25 bits per heavy atom. The summed E-state index contributed by atoms with van der Waals surface area (Å²) in [5.74, 6) is -0.101. The third-order valence-corrected chi connectivity index (χ3v) is 3.66. The van der Waals surface area contributed by atoms with Gasteiger partial charge in [0.05, 0.1) is 14.2 Å². The second-order valence-electron chi connectivity index (χ2n) is 4.98. The zero-order valence-electron chi connectivity index (χ0n) is 13.5. The van der Waals surface area contributed by atoms with Crippen molar-refractivity contribution in [2.45, 2.75) is 13.0 Å². The number of rotatable bonds is 6. The first kappa shape index (κ1) is 17.8. The summed E-state index contributed by atoms with van der Waals surface area (Å²) in [4.78, 5) is 24.6. The van der Waals surface area contributed by atoms with E-state index in [1.165, 1.54) is 27.2 Å². The quantitative estimate of drug-likeness (QED) is 0.587. The Labute approximate surface area is 145 Å². The molecule has 0 aliphatic rings. The molecule has 2 rings (SSSR count). The van der Waals surface area contributed by atoms with Gasteiger partial charge in [-0.05, 0) is 43.3 Å². The summed E-state index contributed by atoms with van der Waals surface area (Å²) < 4.78 is 15.5. The number of ether oxygens (including phenoxy) is 3. The van der Waals surface area contributed by atoms with E-state index >= 15 is 0 Å². The van der Waals surface area contributed by atoms with Crippen LogP contribution in [0.25, 0.3) is 0 Å². The van der Waals surface area contributed by atoms with Crippen molar-refractivity contribution in [2.24, 2.45) is 0 Å². The molecule has 0 amide bonds. The summed E-state index contributed by atoms with van der Waals surface area (Å²) in [7, 11) is 2.95. The minimum absolute atomic E-state index is 0.217. The van der Waals surface area contributed by atoms with E-state index in [2.05, 4.69) is 0 Å². The fourth-order valence-corrected chi connectivity index (χ4v) is 2.22. The van der Waals surface area contributed by atoms with Crippen molar-refractivity contribution < 1.29 is 23.8 Å². The van der Waals surface area contributed by atoms with Crippen LogP contribution in [0.15, 0.2) is 42.5 Å². The number of esters is 1. The normalized spacial score (nSPS) is 11.5. The Morgan fingerprint density at radius 2 is 1.67 bits per heavy atom. The highest BCUT2D eigenvalue weighted by Gasteiger charge is 2.22. The summed E-state index contributed by atoms with van der Waals surface area (Å²) in [6.07, 6.45) is -0.939. The lowest BCUT2D eigenvalue weighted by atomic mass is 10.1. The van der Waals surface area contributed by atoms with Gasteiger partial charge in [-0.25, -0.2) is 4.79 Å². The monoisotopic (exact) mass is 348 g/mol. The molecule has 0 N–H and O–H groups in total. The highest BCUT2D eigenvalue weighted by atomic mass is 35.5. The largest absolute Gasteiger partial charge is 0.497 e. The number of benzene rings is 2. The van der Waals surface area contributed by atoms with Gasteiger partial charge in [0.15, 0.2) is 6.10 Å². The Hall–Kier alpha value is -2.53. The van der Waals surface area contributed by atoms with Gasteiger partial charge in [-0.15, -0.1) is 0 Å². The molecule has 0 fully saturated rings. The van der Waals surface area contributed by atoms with Crippen molar-refractivity contribution in [3.05, 3.63) is 58.6 Å². The van der Waals surface area contributed by atoms with Crippen molar-refractivity contribution in [3.63, 3.8) is 0 Å². The van der Waals surface area contributed by atoms with Crippen LogP contribution >= 0.6 is 11.6 Å². The van der Waals surface area contributed by atoms with Crippen molar-refractivity contribution >= 4 is 23.4 Å². The zero-order chi connectivity index (χ0) is 17.7. The first-order chi connectivity index (χ1) is 11.5. The van der Waals surface area contributed by atoms with Crippen LogP contribution in [-0.4, -0.2) is 32.1 Å². The summed E-state index contributed by atoms with van der Waals surface area (Å²) >= 11 is 5.80. The molecule has 126 valence electrons. The van der Waals surface area contributed by atoms with E-state index in [4.69, 9.17) is 25.8 Å². The molecule has 1 unspecified atom stereocenters. The first-order valence-corrected chi connectivity index (χ1v) is 7.57. The van der Waals surface area contributed by atoms with Crippen LogP contribution in [0.4, 0.5) is 0 Å². The molecule has 24 heavy (non-hydrogen) atoms. The van der Waals surface area contributed by atoms with Gasteiger partial charge in [-0.1, -0.05) is 11.6 Å². The molecule has 2 aromatic carbocycles. The van der Waals surface area contributed by atoms with Crippen LogP contribution in [0.1, 0.15) is 27.6 Å². The van der Waals surface area contributed by atoms with E-state index in [1.807, 2.05) is 0 Å². The van der Waals surface area contributed by atoms with Crippen LogP contribution in [0.3, 0.4) is 0 Å². The number of halogens is 1. The smallest absolute Gasteiger partial charge is 0.342 e. The van der Waals surface area contributed by atoms with Crippen molar-refractivity contribution in [2.75, 3.05) is 14.2 Å². The number of Topliss-reactive ketones (excluding diaryl/α,β-unsaturated/α-hetero) is 1. The summed E-state index contributed by atoms with van der Waals surface area (Å²) in [5, 5.41) is 0.527. The molecule has 0 aromatic heterocycles. The molecule has 5 nitrogen and oxygen atoms in total. The standard InChI is InChI=1S/C18H17ClO5/c1-11(17(20)12-4-6-13(19)7-5-12)24-18(21)15-9-8-14(22-2)10-16(15)23-3/h4-11H,1-3H3. The molecular weight excluding hydrogens is 332 g/mol. The minimum atomic E-state index is -0.939. The fourth-order valence-electron chi connectivity index (χ4n) is 2.09. The predicted octanol–water partition coefficient (Wildman–Crippen LogP) is 3.79. The van der Waals surface area contributed by atoms with E-state index in [1.54, 1.807) is 36.4 Å². The fraction of sp³-hybridized carbons (Fsp3) is 0.222. The predicted molar refractivity (Wildman–Crippen MR) is 90.2 cm³/mol. The number of carbonyl (C=O) groups excluding carboxylic acids is 2. The van der Waals surface area contributed by atoms with E-state index in [0.717, 1.165) is 0 Å². The highest BCUT2D eigenvalue weighted by Crippen LogP contribution is 2.25. The maximum atomic E-state index is 12.3. The van der Waals surface area contributed by atoms with Gasteiger partial charge in [-0.3, -0.25) is 4.79 Å². The van der Waals surface area contributed by atoms with E-state index in [0.29, 0.717) is 22.1 Å². The van der Waals surface area contributed by atoms with Gasteiger partial charge in [0.25, 0.3) is 0 Å². The van der Waals surface area contributed by atoms with E-state index in [-0.39, 0.29) is 11.3 Å². The maximum Gasteiger partial charge on any atom is 0.342 e. The molecule has 0 saturated carbocycles. The molecule has 0 bridgehead atoms. The van der Waals surface area contributed by atoms with Crippen molar-refractivity contribution in [1.29, 1.82) is 0 Å². The van der Waals surface area contributed by atoms with Gasteiger partial charge in [0.1, 0.15) is 17.1 Å². The van der Waals surface area contributed by atoms with Crippen LogP contribution in [0.5, 0.6) is 11.5 Å². The van der Waals surface area contributed by atoms with Crippen LogP contribution in [0.2, 0.25) is 5.02 Å². The van der Waals surface area contributed by atoms with Gasteiger partial charge < -0.3 is 14.2 Å². The average molecular weight is 349 g/mol. The molecule has 2 aromatic rings. The van der Waals surface area contributed by atoms with Gasteiger partial charge in [-0.2, -0.15) is 0 Å². The second-order valence-corrected chi connectivity index (χ2v) is 5.42. The summed E-state index contributed by atoms with van der Waals surface area (Å²) in [6.45, 7) is 1.52. The van der Waals surface area contributed by atoms with Gasteiger partial charge >= 0.3 is 5.97 Å². The molecule has 0 radical (unpaired) electrons. The second kappa shape index (κ2) is 7.84. The lowest BCUT2D eigenvalue weighted by Gasteiger charge is -2.14. The Morgan fingerprint density at radius 1 is 1.00 bits per heavy atom.